The fourth-order valence-electron chi connectivity index (χ4n) is 3.51. The number of nitrogens with zero attached hydrogens (tertiary/aromatic N) is 3. The van der Waals surface area contributed by atoms with Gasteiger partial charge in [0.2, 0.25) is 0 Å². The lowest BCUT2D eigenvalue weighted by molar-refractivity contribution is 0.0952. The average Bonchev–Trinajstić information content (AvgIpc) is 3.29. The zero-order chi connectivity index (χ0) is 19.7. The van der Waals surface area contributed by atoms with Crippen LogP contribution in [0, 0.1) is 13.8 Å². The molecule has 1 saturated heterocycles. The van der Waals surface area contributed by atoms with Crippen molar-refractivity contribution in [1.29, 1.82) is 0 Å². The van der Waals surface area contributed by atoms with Gasteiger partial charge in [0.1, 0.15) is 0 Å². The first-order valence-corrected chi connectivity index (χ1v) is 11.4. The first-order chi connectivity index (χ1) is 13.5. The van der Waals surface area contributed by atoms with E-state index in [0.29, 0.717) is 15.8 Å². The van der Waals surface area contributed by atoms with Crippen molar-refractivity contribution in [2.75, 3.05) is 44.2 Å². The fourth-order valence-corrected chi connectivity index (χ4v) is 5.66. The van der Waals surface area contributed by atoms with E-state index in [1.807, 2.05) is 0 Å². The summed E-state index contributed by atoms with van der Waals surface area (Å²) in [4.78, 5) is 22.4. The van der Waals surface area contributed by atoms with E-state index in [0.717, 1.165) is 43.4 Å². The fraction of sp³-hybridized carbons (Fsp3) is 0.400. The molecule has 4 rings (SSSR count). The average molecular weight is 435 g/mol. The number of halogens is 1. The third-order valence-corrected chi connectivity index (χ3v) is 7.27. The standard InChI is InChI=1S/C20H23ClN4OS2/c1-13-11-14(2)18-16(12-13)28-20(23-18)25-9-7-24(8-10-25)6-5-22-19(26)15-3-4-17(21)27-15/h3-4,11-12H,5-10H2,1-2H3,(H,22,26). The molecule has 148 valence electrons. The molecule has 0 radical (unpaired) electrons. The Morgan fingerprint density at radius 1 is 1.18 bits per heavy atom. The lowest BCUT2D eigenvalue weighted by atomic mass is 10.1. The van der Waals surface area contributed by atoms with Gasteiger partial charge in [-0.25, -0.2) is 4.98 Å². The zero-order valence-electron chi connectivity index (χ0n) is 16.0. The van der Waals surface area contributed by atoms with E-state index in [2.05, 4.69) is 41.1 Å². The highest BCUT2D eigenvalue weighted by atomic mass is 35.5. The van der Waals surface area contributed by atoms with Gasteiger partial charge < -0.3 is 10.2 Å². The van der Waals surface area contributed by atoms with Gasteiger partial charge in [-0.05, 0) is 43.2 Å². The second-order valence-corrected chi connectivity index (χ2v) is 9.84. The lowest BCUT2D eigenvalue weighted by Gasteiger charge is -2.34. The highest BCUT2D eigenvalue weighted by Crippen LogP contribution is 2.32. The van der Waals surface area contributed by atoms with Crippen LogP contribution in [0.3, 0.4) is 0 Å². The molecule has 28 heavy (non-hydrogen) atoms. The predicted molar refractivity (Wildman–Crippen MR) is 119 cm³/mol. The van der Waals surface area contributed by atoms with Crippen LogP contribution < -0.4 is 10.2 Å². The Morgan fingerprint density at radius 3 is 2.68 bits per heavy atom. The van der Waals surface area contributed by atoms with Gasteiger partial charge in [-0.2, -0.15) is 0 Å². The number of hydrogen-bond acceptors (Lipinski definition) is 6. The molecule has 0 atom stereocenters. The van der Waals surface area contributed by atoms with Gasteiger partial charge in [0, 0.05) is 39.3 Å². The second kappa shape index (κ2) is 8.37. The van der Waals surface area contributed by atoms with E-state index in [1.54, 1.807) is 23.5 Å². The number of carbonyl (C=O) groups is 1. The van der Waals surface area contributed by atoms with Crippen LogP contribution in [0.25, 0.3) is 10.2 Å². The molecule has 1 aliphatic rings. The molecule has 3 aromatic rings. The van der Waals surface area contributed by atoms with Gasteiger partial charge in [0.25, 0.3) is 5.91 Å². The maximum Gasteiger partial charge on any atom is 0.261 e. The Morgan fingerprint density at radius 2 is 1.96 bits per heavy atom. The highest BCUT2D eigenvalue weighted by molar-refractivity contribution is 7.22. The normalized spacial score (nSPS) is 15.3. The quantitative estimate of drug-likeness (QED) is 0.654. The van der Waals surface area contributed by atoms with Crippen molar-refractivity contribution in [3.05, 3.63) is 44.6 Å². The molecular weight excluding hydrogens is 412 g/mol. The van der Waals surface area contributed by atoms with E-state index >= 15 is 0 Å². The minimum atomic E-state index is -0.0457. The number of piperazine rings is 1. The van der Waals surface area contributed by atoms with Crippen LogP contribution in [0.1, 0.15) is 20.8 Å². The van der Waals surface area contributed by atoms with Gasteiger partial charge in [-0.3, -0.25) is 9.69 Å². The van der Waals surface area contributed by atoms with Crippen molar-refractivity contribution in [2.24, 2.45) is 0 Å². The molecule has 5 nitrogen and oxygen atoms in total. The lowest BCUT2D eigenvalue weighted by Crippen LogP contribution is -2.48. The van der Waals surface area contributed by atoms with Crippen molar-refractivity contribution < 1.29 is 4.79 Å². The number of nitrogens with one attached hydrogen (secondary N) is 1. The summed E-state index contributed by atoms with van der Waals surface area (Å²) >= 11 is 8.98. The Labute approximate surface area is 177 Å². The van der Waals surface area contributed by atoms with E-state index in [-0.39, 0.29) is 5.91 Å². The van der Waals surface area contributed by atoms with Gasteiger partial charge >= 0.3 is 0 Å². The molecule has 1 aromatic carbocycles. The SMILES string of the molecule is Cc1cc(C)c2nc(N3CCN(CCNC(=O)c4ccc(Cl)s4)CC3)sc2c1. The van der Waals surface area contributed by atoms with Gasteiger partial charge in [0.05, 0.1) is 19.4 Å². The summed E-state index contributed by atoms with van der Waals surface area (Å²) in [7, 11) is 0. The zero-order valence-corrected chi connectivity index (χ0v) is 18.4. The molecule has 0 bridgehead atoms. The molecule has 8 heteroatoms. The largest absolute Gasteiger partial charge is 0.350 e. The van der Waals surface area contributed by atoms with Crippen molar-refractivity contribution in [2.45, 2.75) is 13.8 Å². The summed E-state index contributed by atoms with van der Waals surface area (Å²) in [6, 6.07) is 7.94. The highest BCUT2D eigenvalue weighted by Gasteiger charge is 2.20. The Balaban J connectivity index is 1.28. The van der Waals surface area contributed by atoms with Crippen molar-refractivity contribution in [1.82, 2.24) is 15.2 Å². The van der Waals surface area contributed by atoms with Crippen LogP contribution in [-0.2, 0) is 0 Å². The number of carbonyl (C=O) groups excluding carboxylic acids is 1. The maximum atomic E-state index is 12.1. The third kappa shape index (κ3) is 4.33. The smallest absolute Gasteiger partial charge is 0.261 e. The molecule has 0 unspecified atom stereocenters. The van der Waals surface area contributed by atoms with Crippen LogP contribution in [0.15, 0.2) is 24.3 Å². The van der Waals surface area contributed by atoms with Gasteiger partial charge in [-0.15, -0.1) is 11.3 Å². The van der Waals surface area contributed by atoms with Crippen molar-refractivity contribution in [3.8, 4) is 0 Å². The van der Waals surface area contributed by atoms with Gasteiger partial charge in [-0.1, -0.05) is 29.0 Å². The first kappa shape index (κ1) is 19.6. The molecule has 1 aliphatic heterocycles. The van der Waals surface area contributed by atoms with E-state index < -0.39 is 0 Å². The van der Waals surface area contributed by atoms with Crippen LogP contribution in [-0.4, -0.2) is 55.1 Å². The number of anilines is 1. The van der Waals surface area contributed by atoms with Crippen LogP contribution in [0.4, 0.5) is 5.13 Å². The molecule has 0 aliphatic carbocycles. The number of benzene rings is 1. The van der Waals surface area contributed by atoms with Crippen LogP contribution in [0.5, 0.6) is 0 Å². The summed E-state index contributed by atoms with van der Waals surface area (Å²) in [5.41, 5.74) is 3.67. The van der Waals surface area contributed by atoms with Gasteiger partial charge in [0.15, 0.2) is 5.13 Å². The molecule has 1 N–H and O–H groups in total. The number of aromatic nitrogens is 1. The van der Waals surface area contributed by atoms with Crippen LogP contribution in [0.2, 0.25) is 4.34 Å². The predicted octanol–water partition coefficient (Wildman–Crippen LogP) is 4.18. The monoisotopic (exact) mass is 434 g/mol. The summed E-state index contributed by atoms with van der Waals surface area (Å²) in [6.45, 7) is 9.67. The van der Waals surface area contributed by atoms with Crippen molar-refractivity contribution in [3.63, 3.8) is 0 Å². The van der Waals surface area contributed by atoms with E-state index in [9.17, 15) is 4.79 Å². The number of aryl methyl sites for hydroxylation is 2. The number of thiophene rings is 1. The molecule has 2 aromatic heterocycles. The molecular formula is C20H23ClN4OS2. The second-order valence-electron chi connectivity index (χ2n) is 7.11. The van der Waals surface area contributed by atoms with E-state index in [4.69, 9.17) is 16.6 Å². The Bertz CT molecular complexity index is 991. The minimum Gasteiger partial charge on any atom is -0.350 e. The minimum absolute atomic E-state index is 0.0457. The maximum absolute atomic E-state index is 12.1. The molecule has 1 fully saturated rings. The van der Waals surface area contributed by atoms with Crippen LogP contribution >= 0.6 is 34.3 Å². The third-order valence-electron chi connectivity index (χ3n) is 4.97. The van der Waals surface area contributed by atoms with Crippen molar-refractivity contribution >= 4 is 55.5 Å². The summed E-state index contributed by atoms with van der Waals surface area (Å²) < 4.78 is 1.91. The molecule has 0 saturated carbocycles. The Hall–Kier alpha value is -1.67. The topological polar surface area (TPSA) is 48.5 Å². The number of thiazole rings is 1. The number of rotatable bonds is 5. The summed E-state index contributed by atoms with van der Waals surface area (Å²) in [6.07, 6.45) is 0. The number of amides is 1. The summed E-state index contributed by atoms with van der Waals surface area (Å²) in [5, 5.41) is 4.10. The summed E-state index contributed by atoms with van der Waals surface area (Å²) in [5.74, 6) is -0.0457. The van der Waals surface area contributed by atoms with E-state index in [1.165, 1.54) is 27.2 Å². The number of fused-ring (bicyclic) bond motifs is 1. The number of hydrogen-bond donors (Lipinski definition) is 1. The molecule has 1 amide bonds. The first-order valence-electron chi connectivity index (χ1n) is 9.38. The molecule has 3 heterocycles. The molecule has 0 spiro atoms. The Kier molecular flexibility index (Phi) is 5.87.